The third kappa shape index (κ3) is 2.09. The number of aryl methyl sites for hydroxylation is 1. The Kier molecular flexibility index (Phi) is 3.31. The van der Waals surface area contributed by atoms with Crippen molar-refractivity contribution in [2.24, 2.45) is 0 Å². The minimum atomic E-state index is -0.109. The SMILES string of the molecule is Cc1cc(N2C(=O)[C@@H]3CCCN3[C@H]2c2cccc(Br)c2)no1. The summed E-state index contributed by atoms with van der Waals surface area (Å²) in [5, 5.41) is 4.07. The number of rotatable bonds is 2. The zero-order chi connectivity index (χ0) is 15.3. The molecule has 1 amide bonds. The molecule has 0 saturated carbocycles. The molecule has 2 fully saturated rings. The standard InChI is InChI=1S/C16H16BrN3O2/c1-10-8-14(18-22-10)20-15(11-4-2-5-12(17)9-11)19-7-3-6-13(19)16(20)21/h2,4-5,8-9,13,15H,3,6-7H2,1H3/t13-,15+/m0/s1. The van der Waals surface area contributed by atoms with Crippen LogP contribution in [0.3, 0.4) is 0 Å². The topological polar surface area (TPSA) is 49.6 Å². The lowest BCUT2D eigenvalue weighted by Gasteiger charge is -2.28. The summed E-state index contributed by atoms with van der Waals surface area (Å²) in [4.78, 5) is 16.9. The van der Waals surface area contributed by atoms with Crippen molar-refractivity contribution in [3.05, 3.63) is 46.1 Å². The van der Waals surface area contributed by atoms with Crippen LogP contribution in [0.5, 0.6) is 0 Å². The lowest BCUT2D eigenvalue weighted by molar-refractivity contribution is -0.119. The number of fused-ring (bicyclic) bond motifs is 1. The largest absolute Gasteiger partial charge is 0.360 e. The lowest BCUT2D eigenvalue weighted by atomic mass is 10.1. The summed E-state index contributed by atoms with van der Waals surface area (Å²) in [5.74, 6) is 1.43. The molecule has 0 aliphatic carbocycles. The van der Waals surface area contributed by atoms with Gasteiger partial charge in [0.15, 0.2) is 5.82 Å². The van der Waals surface area contributed by atoms with E-state index in [2.05, 4.69) is 38.1 Å². The zero-order valence-electron chi connectivity index (χ0n) is 12.2. The Morgan fingerprint density at radius 2 is 2.23 bits per heavy atom. The molecule has 6 heteroatoms. The molecule has 1 aromatic carbocycles. The minimum Gasteiger partial charge on any atom is -0.360 e. The second-order valence-electron chi connectivity index (χ2n) is 5.83. The monoisotopic (exact) mass is 361 g/mol. The highest BCUT2D eigenvalue weighted by molar-refractivity contribution is 9.10. The second-order valence-corrected chi connectivity index (χ2v) is 6.74. The van der Waals surface area contributed by atoms with Crippen LogP contribution in [-0.4, -0.2) is 28.6 Å². The Bertz CT molecular complexity index is 730. The third-order valence-corrected chi connectivity index (χ3v) is 4.88. The smallest absolute Gasteiger partial charge is 0.247 e. The molecule has 114 valence electrons. The molecule has 2 aliphatic heterocycles. The molecule has 0 spiro atoms. The van der Waals surface area contributed by atoms with Crippen molar-refractivity contribution in [3.8, 4) is 0 Å². The van der Waals surface area contributed by atoms with Crippen molar-refractivity contribution in [1.82, 2.24) is 10.1 Å². The van der Waals surface area contributed by atoms with Crippen LogP contribution in [0.15, 0.2) is 39.3 Å². The third-order valence-electron chi connectivity index (χ3n) is 4.38. The maximum Gasteiger partial charge on any atom is 0.247 e. The van der Waals surface area contributed by atoms with Gasteiger partial charge in [-0.25, -0.2) is 0 Å². The predicted octanol–water partition coefficient (Wildman–Crippen LogP) is 3.26. The van der Waals surface area contributed by atoms with Crippen LogP contribution in [0.25, 0.3) is 0 Å². The Labute approximate surface area is 137 Å². The van der Waals surface area contributed by atoms with Gasteiger partial charge in [-0.05, 0) is 37.5 Å². The summed E-state index contributed by atoms with van der Waals surface area (Å²) in [5.41, 5.74) is 1.09. The Balaban J connectivity index is 1.82. The quantitative estimate of drug-likeness (QED) is 0.823. The number of amides is 1. The number of benzene rings is 1. The molecule has 2 aliphatic rings. The van der Waals surface area contributed by atoms with E-state index < -0.39 is 0 Å². The molecule has 0 bridgehead atoms. The summed E-state index contributed by atoms with van der Waals surface area (Å²) in [6, 6.07) is 9.90. The number of nitrogens with zero attached hydrogens (tertiary/aromatic N) is 3. The Hall–Kier alpha value is -1.66. The first kappa shape index (κ1) is 14.0. The van der Waals surface area contributed by atoms with Gasteiger partial charge in [-0.3, -0.25) is 14.6 Å². The van der Waals surface area contributed by atoms with E-state index >= 15 is 0 Å². The van der Waals surface area contributed by atoms with Crippen molar-refractivity contribution in [3.63, 3.8) is 0 Å². The van der Waals surface area contributed by atoms with E-state index in [9.17, 15) is 4.79 Å². The van der Waals surface area contributed by atoms with Crippen molar-refractivity contribution in [1.29, 1.82) is 0 Å². The summed E-state index contributed by atoms with van der Waals surface area (Å²) >= 11 is 3.52. The number of hydrogen-bond acceptors (Lipinski definition) is 4. The minimum absolute atomic E-state index is 0.0408. The van der Waals surface area contributed by atoms with Gasteiger partial charge in [0.05, 0.1) is 6.04 Å². The van der Waals surface area contributed by atoms with E-state index in [0.29, 0.717) is 11.6 Å². The van der Waals surface area contributed by atoms with E-state index in [1.165, 1.54) is 0 Å². The average Bonchev–Trinajstić information content (AvgIpc) is 3.16. The summed E-state index contributed by atoms with van der Waals surface area (Å²) in [6.07, 6.45) is 1.87. The number of hydrogen-bond donors (Lipinski definition) is 0. The van der Waals surface area contributed by atoms with Crippen LogP contribution in [-0.2, 0) is 4.79 Å². The summed E-state index contributed by atoms with van der Waals surface area (Å²) in [6.45, 7) is 2.77. The molecule has 3 heterocycles. The molecule has 5 nitrogen and oxygen atoms in total. The molecule has 0 N–H and O–H groups in total. The normalized spacial score (nSPS) is 25.0. The highest BCUT2D eigenvalue weighted by Crippen LogP contribution is 2.42. The average molecular weight is 362 g/mol. The van der Waals surface area contributed by atoms with E-state index in [4.69, 9.17) is 4.52 Å². The van der Waals surface area contributed by atoms with Gasteiger partial charge in [-0.15, -0.1) is 0 Å². The fourth-order valence-corrected chi connectivity index (χ4v) is 3.91. The van der Waals surface area contributed by atoms with Crippen molar-refractivity contribution >= 4 is 27.7 Å². The first-order valence-corrected chi connectivity index (χ1v) is 8.22. The van der Waals surface area contributed by atoms with Gasteiger partial charge < -0.3 is 4.52 Å². The number of halogens is 1. The molecule has 2 atom stereocenters. The van der Waals surface area contributed by atoms with E-state index in [1.54, 1.807) is 4.90 Å². The maximum atomic E-state index is 12.9. The van der Waals surface area contributed by atoms with Crippen LogP contribution in [0.1, 0.15) is 30.3 Å². The fraction of sp³-hybridized carbons (Fsp3) is 0.375. The summed E-state index contributed by atoms with van der Waals surface area (Å²) in [7, 11) is 0. The van der Waals surface area contributed by atoms with Gasteiger partial charge in [-0.1, -0.05) is 33.2 Å². The van der Waals surface area contributed by atoms with Gasteiger partial charge in [0, 0.05) is 17.1 Å². The van der Waals surface area contributed by atoms with E-state index in [1.807, 2.05) is 25.1 Å². The van der Waals surface area contributed by atoms with Gasteiger partial charge in [-0.2, -0.15) is 0 Å². The molecule has 0 radical (unpaired) electrons. The molecule has 4 rings (SSSR count). The molecule has 0 unspecified atom stereocenters. The van der Waals surface area contributed by atoms with Crippen LogP contribution in [0.4, 0.5) is 5.82 Å². The van der Waals surface area contributed by atoms with Crippen LogP contribution < -0.4 is 4.90 Å². The summed E-state index contributed by atoms with van der Waals surface area (Å²) < 4.78 is 6.19. The van der Waals surface area contributed by atoms with Gasteiger partial charge >= 0.3 is 0 Å². The van der Waals surface area contributed by atoms with Gasteiger partial charge in [0.1, 0.15) is 11.9 Å². The Morgan fingerprint density at radius 3 is 2.95 bits per heavy atom. The van der Waals surface area contributed by atoms with E-state index in [0.717, 1.165) is 29.4 Å². The predicted molar refractivity (Wildman–Crippen MR) is 85.3 cm³/mol. The molecular formula is C16H16BrN3O2. The second kappa shape index (κ2) is 5.21. The molecule has 2 saturated heterocycles. The first-order valence-electron chi connectivity index (χ1n) is 7.43. The maximum absolute atomic E-state index is 12.9. The molecule has 22 heavy (non-hydrogen) atoms. The van der Waals surface area contributed by atoms with Crippen molar-refractivity contribution < 1.29 is 9.32 Å². The molecular weight excluding hydrogens is 346 g/mol. The number of carbonyl (C=O) groups is 1. The highest BCUT2D eigenvalue weighted by atomic mass is 79.9. The van der Waals surface area contributed by atoms with Crippen molar-refractivity contribution in [2.45, 2.75) is 32.0 Å². The Morgan fingerprint density at radius 1 is 1.36 bits per heavy atom. The molecule has 1 aromatic heterocycles. The van der Waals surface area contributed by atoms with Crippen molar-refractivity contribution in [2.75, 3.05) is 11.4 Å². The number of aromatic nitrogens is 1. The first-order chi connectivity index (χ1) is 10.6. The van der Waals surface area contributed by atoms with E-state index in [-0.39, 0.29) is 18.1 Å². The van der Waals surface area contributed by atoms with Gasteiger partial charge in [0.2, 0.25) is 5.91 Å². The number of carbonyl (C=O) groups excluding carboxylic acids is 1. The lowest BCUT2D eigenvalue weighted by Crippen LogP contribution is -2.32. The van der Waals surface area contributed by atoms with Crippen LogP contribution in [0.2, 0.25) is 0 Å². The van der Waals surface area contributed by atoms with Gasteiger partial charge in [0.25, 0.3) is 0 Å². The van der Waals surface area contributed by atoms with Crippen LogP contribution >= 0.6 is 15.9 Å². The molecule has 2 aromatic rings. The fourth-order valence-electron chi connectivity index (χ4n) is 3.49. The van der Waals surface area contributed by atoms with Crippen LogP contribution in [0, 0.1) is 6.92 Å². The number of anilines is 1. The highest BCUT2D eigenvalue weighted by Gasteiger charge is 2.50. The zero-order valence-corrected chi connectivity index (χ0v) is 13.8.